The quantitative estimate of drug-likeness (QED) is 0.767. The summed E-state index contributed by atoms with van der Waals surface area (Å²) in [5.41, 5.74) is 1.29. The summed E-state index contributed by atoms with van der Waals surface area (Å²) >= 11 is 3.48. The lowest BCUT2D eigenvalue weighted by molar-refractivity contribution is 0.667. The van der Waals surface area contributed by atoms with Crippen LogP contribution in [-0.4, -0.2) is 16.0 Å². The first kappa shape index (κ1) is 15.0. The molecule has 0 atom stereocenters. The maximum absolute atomic E-state index is 4.65. The molecular weight excluding hydrogens is 314 g/mol. The molecule has 0 spiro atoms. The Labute approximate surface area is 129 Å². The molecule has 1 aromatic heterocycles. The number of aromatic nitrogens is 2. The molecule has 0 aliphatic rings. The molecule has 0 fully saturated rings. The zero-order chi connectivity index (χ0) is 14.5. The number of anilines is 1. The van der Waals surface area contributed by atoms with Crippen LogP contribution in [0.1, 0.15) is 32.2 Å². The summed E-state index contributed by atoms with van der Waals surface area (Å²) in [6.45, 7) is 7.29. The number of nitrogens with zero attached hydrogens (tertiary/aromatic N) is 3. The van der Waals surface area contributed by atoms with E-state index in [1.165, 1.54) is 5.56 Å². The molecule has 0 aliphatic carbocycles. The van der Waals surface area contributed by atoms with Gasteiger partial charge in [0, 0.05) is 25.1 Å². The Morgan fingerprint density at radius 2 is 1.85 bits per heavy atom. The number of aryl methyl sites for hydroxylation is 1. The third-order valence-corrected chi connectivity index (χ3v) is 3.56. The zero-order valence-corrected chi connectivity index (χ0v) is 13.8. The third-order valence-electron chi connectivity index (χ3n) is 3.16. The molecule has 0 bridgehead atoms. The van der Waals surface area contributed by atoms with Gasteiger partial charge in [-0.3, -0.25) is 0 Å². The summed E-state index contributed by atoms with van der Waals surface area (Å²) < 4.78 is 0.845. The van der Waals surface area contributed by atoms with Gasteiger partial charge in [-0.1, -0.05) is 37.3 Å². The van der Waals surface area contributed by atoms with Gasteiger partial charge in [-0.25, -0.2) is 9.97 Å². The Kier molecular flexibility index (Phi) is 5.12. The van der Waals surface area contributed by atoms with Crippen molar-refractivity contribution in [3.8, 4) is 0 Å². The second kappa shape index (κ2) is 6.84. The van der Waals surface area contributed by atoms with Gasteiger partial charge in [-0.2, -0.15) is 0 Å². The van der Waals surface area contributed by atoms with E-state index in [-0.39, 0.29) is 0 Å². The highest BCUT2D eigenvalue weighted by Gasteiger charge is 2.14. The predicted octanol–water partition coefficient (Wildman–Crippen LogP) is 4.22. The highest BCUT2D eigenvalue weighted by Crippen LogP contribution is 2.21. The summed E-state index contributed by atoms with van der Waals surface area (Å²) in [6.07, 6.45) is 0.837. The van der Waals surface area contributed by atoms with Crippen LogP contribution in [0.4, 0.5) is 5.82 Å². The Morgan fingerprint density at radius 1 is 1.15 bits per heavy atom. The first-order chi connectivity index (χ1) is 9.60. The first-order valence-electron chi connectivity index (χ1n) is 6.94. The van der Waals surface area contributed by atoms with Crippen LogP contribution in [0.5, 0.6) is 0 Å². The number of halogens is 1. The molecule has 3 nitrogen and oxygen atoms in total. The molecule has 1 heterocycles. The van der Waals surface area contributed by atoms with Crippen LogP contribution in [0.2, 0.25) is 0 Å². The minimum Gasteiger partial charge on any atom is -0.350 e. The van der Waals surface area contributed by atoms with Crippen LogP contribution in [0, 0.1) is 0 Å². The molecule has 2 aromatic rings. The van der Waals surface area contributed by atoms with E-state index in [0.717, 1.165) is 29.2 Å². The summed E-state index contributed by atoms with van der Waals surface area (Å²) in [6, 6.07) is 12.8. The highest BCUT2D eigenvalue weighted by molar-refractivity contribution is 9.10. The van der Waals surface area contributed by atoms with Gasteiger partial charge < -0.3 is 4.90 Å². The van der Waals surface area contributed by atoms with Crippen molar-refractivity contribution in [2.45, 2.75) is 39.8 Å². The molecule has 20 heavy (non-hydrogen) atoms. The lowest BCUT2D eigenvalue weighted by Crippen LogP contribution is -2.31. The van der Waals surface area contributed by atoms with Crippen LogP contribution in [0.15, 0.2) is 41.0 Å². The highest BCUT2D eigenvalue weighted by atomic mass is 79.9. The SMILES string of the molecule is CCc1nc(Br)cc(N(Cc2ccccc2)C(C)C)n1. The average Bonchev–Trinajstić information content (AvgIpc) is 2.44. The average molecular weight is 334 g/mol. The Morgan fingerprint density at radius 3 is 2.45 bits per heavy atom. The number of hydrogen-bond donors (Lipinski definition) is 0. The normalized spacial score (nSPS) is 10.8. The summed E-state index contributed by atoms with van der Waals surface area (Å²) in [7, 11) is 0. The van der Waals surface area contributed by atoms with Gasteiger partial charge in [0.2, 0.25) is 0 Å². The first-order valence-corrected chi connectivity index (χ1v) is 7.73. The van der Waals surface area contributed by atoms with Crippen molar-refractivity contribution in [3.05, 3.63) is 52.4 Å². The topological polar surface area (TPSA) is 29.0 Å². The van der Waals surface area contributed by atoms with Gasteiger partial charge in [0.25, 0.3) is 0 Å². The van der Waals surface area contributed by atoms with Crippen molar-refractivity contribution in [3.63, 3.8) is 0 Å². The maximum atomic E-state index is 4.65. The van der Waals surface area contributed by atoms with Crippen molar-refractivity contribution in [1.82, 2.24) is 9.97 Å². The van der Waals surface area contributed by atoms with E-state index >= 15 is 0 Å². The van der Waals surface area contributed by atoms with E-state index in [1.807, 2.05) is 12.1 Å². The van der Waals surface area contributed by atoms with E-state index in [2.05, 4.69) is 75.8 Å². The van der Waals surface area contributed by atoms with Gasteiger partial charge in [0.1, 0.15) is 16.2 Å². The van der Waals surface area contributed by atoms with Gasteiger partial charge >= 0.3 is 0 Å². The number of benzene rings is 1. The number of hydrogen-bond acceptors (Lipinski definition) is 3. The van der Waals surface area contributed by atoms with Crippen molar-refractivity contribution >= 4 is 21.7 Å². The standard InChI is InChI=1S/C16H20BrN3/c1-4-15-18-14(17)10-16(19-15)20(12(2)3)11-13-8-6-5-7-9-13/h5-10,12H,4,11H2,1-3H3. The van der Waals surface area contributed by atoms with Gasteiger partial charge in [-0.15, -0.1) is 0 Å². The zero-order valence-electron chi connectivity index (χ0n) is 12.2. The van der Waals surface area contributed by atoms with Gasteiger partial charge in [0.15, 0.2) is 0 Å². The van der Waals surface area contributed by atoms with Crippen molar-refractivity contribution in [1.29, 1.82) is 0 Å². The molecule has 0 saturated carbocycles. The summed E-state index contributed by atoms with van der Waals surface area (Å²) in [4.78, 5) is 11.3. The van der Waals surface area contributed by atoms with Crippen LogP contribution in [0.3, 0.4) is 0 Å². The van der Waals surface area contributed by atoms with Gasteiger partial charge in [0.05, 0.1) is 0 Å². The molecule has 1 aromatic carbocycles. The minimum absolute atomic E-state index is 0.377. The van der Waals surface area contributed by atoms with Crippen molar-refractivity contribution in [2.24, 2.45) is 0 Å². The molecule has 0 amide bonds. The Bertz CT molecular complexity index is 555. The minimum atomic E-state index is 0.377. The fraction of sp³-hybridized carbons (Fsp3) is 0.375. The molecule has 2 rings (SSSR count). The third kappa shape index (κ3) is 3.79. The fourth-order valence-electron chi connectivity index (χ4n) is 2.07. The lowest BCUT2D eigenvalue weighted by Gasteiger charge is -2.28. The Hall–Kier alpha value is -1.42. The molecule has 0 unspecified atom stereocenters. The second-order valence-corrected chi connectivity index (χ2v) is 5.84. The van der Waals surface area contributed by atoms with E-state index in [4.69, 9.17) is 0 Å². The lowest BCUT2D eigenvalue weighted by atomic mass is 10.2. The molecule has 0 N–H and O–H groups in total. The van der Waals surface area contributed by atoms with Crippen molar-refractivity contribution < 1.29 is 0 Å². The largest absolute Gasteiger partial charge is 0.350 e. The van der Waals surface area contributed by atoms with E-state index in [0.29, 0.717) is 6.04 Å². The van der Waals surface area contributed by atoms with Crippen LogP contribution in [0.25, 0.3) is 0 Å². The molecule has 0 saturated heterocycles. The summed E-state index contributed by atoms with van der Waals surface area (Å²) in [5, 5.41) is 0. The van der Waals surface area contributed by atoms with E-state index in [9.17, 15) is 0 Å². The van der Waals surface area contributed by atoms with Crippen molar-refractivity contribution in [2.75, 3.05) is 4.90 Å². The van der Waals surface area contributed by atoms with Crippen LogP contribution < -0.4 is 4.90 Å². The van der Waals surface area contributed by atoms with E-state index in [1.54, 1.807) is 0 Å². The fourth-order valence-corrected chi connectivity index (χ4v) is 2.47. The second-order valence-electron chi connectivity index (χ2n) is 5.03. The smallest absolute Gasteiger partial charge is 0.133 e. The van der Waals surface area contributed by atoms with Gasteiger partial charge in [-0.05, 0) is 35.3 Å². The molecule has 0 aliphatic heterocycles. The van der Waals surface area contributed by atoms with Crippen LogP contribution in [-0.2, 0) is 13.0 Å². The van der Waals surface area contributed by atoms with Crippen LogP contribution >= 0.6 is 15.9 Å². The monoisotopic (exact) mass is 333 g/mol. The number of rotatable bonds is 5. The molecule has 106 valence electrons. The van der Waals surface area contributed by atoms with E-state index < -0.39 is 0 Å². The summed E-state index contributed by atoms with van der Waals surface area (Å²) in [5.74, 6) is 1.84. The molecular formula is C16H20BrN3. The Balaban J connectivity index is 2.31. The molecule has 0 radical (unpaired) electrons. The predicted molar refractivity (Wildman–Crippen MR) is 86.9 cm³/mol. The maximum Gasteiger partial charge on any atom is 0.133 e. The molecule has 4 heteroatoms.